The van der Waals surface area contributed by atoms with Gasteiger partial charge >= 0.3 is 0 Å². The molecule has 0 spiro atoms. The number of anilines is 1. The first-order chi connectivity index (χ1) is 8.74. The van der Waals surface area contributed by atoms with Crippen LogP contribution >= 0.6 is 11.3 Å². The van der Waals surface area contributed by atoms with Gasteiger partial charge in [0, 0.05) is 5.56 Å². The fourth-order valence-electron chi connectivity index (χ4n) is 1.40. The predicted molar refractivity (Wildman–Crippen MR) is 68.1 cm³/mol. The van der Waals surface area contributed by atoms with Crippen molar-refractivity contribution in [2.45, 2.75) is 0 Å². The highest BCUT2D eigenvalue weighted by molar-refractivity contribution is 7.14. The number of hydrogen-bond acceptors (Lipinski definition) is 4. The highest BCUT2D eigenvalue weighted by Gasteiger charge is 2.10. The standard InChI is InChI=1S/C13H7N3OS/c14-7-9-2-1-3-10(6-9)12(17)16-13-11(8-15)4-5-18-13/h1-6H,(H,16,17). The number of carbonyl (C=O) groups is 1. The molecule has 2 aromatic rings. The summed E-state index contributed by atoms with van der Waals surface area (Å²) in [4.78, 5) is 11.9. The Morgan fingerprint density at radius 3 is 2.78 bits per heavy atom. The Hall–Kier alpha value is -2.63. The van der Waals surface area contributed by atoms with Crippen molar-refractivity contribution in [3.05, 3.63) is 52.4 Å². The molecule has 18 heavy (non-hydrogen) atoms. The number of thiophene rings is 1. The van der Waals surface area contributed by atoms with Crippen LogP contribution in [-0.2, 0) is 0 Å². The third kappa shape index (κ3) is 2.37. The van der Waals surface area contributed by atoms with Crippen molar-refractivity contribution in [2.75, 3.05) is 5.32 Å². The Morgan fingerprint density at radius 2 is 2.06 bits per heavy atom. The summed E-state index contributed by atoms with van der Waals surface area (Å²) in [6, 6.07) is 12.0. The molecule has 0 aliphatic heterocycles. The summed E-state index contributed by atoms with van der Waals surface area (Å²) in [6.07, 6.45) is 0. The SMILES string of the molecule is N#Cc1cccc(C(=O)Nc2sccc2C#N)c1. The Morgan fingerprint density at radius 1 is 1.22 bits per heavy atom. The van der Waals surface area contributed by atoms with Crippen molar-refractivity contribution in [1.29, 1.82) is 10.5 Å². The zero-order chi connectivity index (χ0) is 13.0. The van der Waals surface area contributed by atoms with Crippen LogP contribution < -0.4 is 5.32 Å². The lowest BCUT2D eigenvalue weighted by Gasteiger charge is -2.03. The highest BCUT2D eigenvalue weighted by atomic mass is 32.1. The van der Waals surface area contributed by atoms with Crippen molar-refractivity contribution in [3.63, 3.8) is 0 Å². The molecule has 1 heterocycles. The Balaban J connectivity index is 2.23. The van der Waals surface area contributed by atoms with E-state index in [1.807, 2.05) is 12.1 Å². The van der Waals surface area contributed by atoms with E-state index < -0.39 is 0 Å². The number of amides is 1. The normalized spacial score (nSPS) is 9.22. The quantitative estimate of drug-likeness (QED) is 0.893. The van der Waals surface area contributed by atoms with E-state index in [2.05, 4.69) is 5.32 Å². The maximum absolute atomic E-state index is 11.9. The topological polar surface area (TPSA) is 76.7 Å². The number of hydrogen-bond donors (Lipinski definition) is 1. The van der Waals surface area contributed by atoms with E-state index in [0.29, 0.717) is 21.7 Å². The Labute approximate surface area is 108 Å². The largest absolute Gasteiger partial charge is 0.312 e. The van der Waals surface area contributed by atoms with Crippen molar-refractivity contribution in [2.24, 2.45) is 0 Å². The molecule has 0 saturated carbocycles. The minimum atomic E-state index is -0.328. The fraction of sp³-hybridized carbons (Fsp3) is 0. The van der Waals surface area contributed by atoms with E-state index in [4.69, 9.17) is 10.5 Å². The molecule has 4 nitrogen and oxygen atoms in total. The maximum Gasteiger partial charge on any atom is 0.256 e. The minimum Gasteiger partial charge on any atom is -0.312 e. The van der Waals surface area contributed by atoms with Gasteiger partial charge in [0.2, 0.25) is 0 Å². The molecule has 86 valence electrons. The summed E-state index contributed by atoms with van der Waals surface area (Å²) in [5, 5.41) is 22.5. The van der Waals surface area contributed by atoms with Gasteiger partial charge in [-0.25, -0.2) is 0 Å². The second-order valence-electron chi connectivity index (χ2n) is 3.42. The Kier molecular flexibility index (Phi) is 3.38. The van der Waals surface area contributed by atoms with E-state index in [9.17, 15) is 4.79 Å². The van der Waals surface area contributed by atoms with Crippen LogP contribution in [-0.4, -0.2) is 5.91 Å². The molecule has 1 N–H and O–H groups in total. The van der Waals surface area contributed by atoms with Crippen LogP contribution in [0.1, 0.15) is 21.5 Å². The lowest BCUT2D eigenvalue weighted by Crippen LogP contribution is -2.11. The van der Waals surface area contributed by atoms with E-state index in [1.54, 1.807) is 29.6 Å². The lowest BCUT2D eigenvalue weighted by molar-refractivity contribution is 0.102. The molecule has 0 aliphatic rings. The molecular formula is C13H7N3OS. The first-order valence-electron chi connectivity index (χ1n) is 5.03. The van der Waals surface area contributed by atoms with Crippen LogP contribution in [0, 0.1) is 22.7 Å². The van der Waals surface area contributed by atoms with Gasteiger partial charge in [-0.3, -0.25) is 4.79 Å². The minimum absolute atomic E-state index is 0.328. The van der Waals surface area contributed by atoms with E-state index in [-0.39, 0.29) is 5.91 Å². The molecule has 1 aromatic heterocycles. The van der Waals surface area contributed by atoms with E-state index in [0.717, 1.165) is 0 Å². The number of carbonyl (C=O) groups excluding carboxylic acids is 1. The third-order valence-corrected chi connectivity index (χ3v) is 3.10. The van der Waals surface area contributed by atoms with Gasteiger partial charge in [-0.2, -0.15) is 10.5 Å². The molecule has 1 amide bonds. The summed E-state index contributed by atoms with van der Waals surface area (Å²) in [6.45, 7) is 0. The smallest absolute Gasteiger partial charge is 0.256 e. The summed E-state index contributed by atoms with van der Waals surface area (Å²) >= 11 is 1.29. The zero-order valence-corrected chi connectivity index (χ0v) is 9.99. The summed E-state index contributed by atoms with van der Waals surface area (Å²) in [5.41, 5.74) is 1.26. The van der Waals surface area contributed by atoms with Gasteiger partial charge in [0.05, 0.1) is 17.2 Å². The number of rotatable bonds is 2. The first-order valence-corrected chi connectivity index (χ1v) is 5.91. The van der Waals surface area contributed by atoms with Crippen LogP contribution in [0.5, 0.6) is 0 Å². The highest BCUT2D eigenvalue weighted by Crippen LogP contribution is 2.22. The Bertz CT molecular complexity index is 676. The molecule has 5 heteroatoms. The van der Waals surface area contributed by atoms with Crippen LogP contribution in [0.15, 0.2) is 35.7 Å². The molecule has 0 fully saturated rings. The molecule has 0 aliphatic carbocycles. The fourth-order valence-corrected chi connectivity index (χ4v) is 2.13. The number of nitrogens with zero attached hydrogens (tertiary/aromatic N) is 2. The van der Waals surface area contributed by atoms with Gasteiger partial charge < -0.3 is 5.32 Å². The molecule has 0 radical (unpaired) electrons. The van der Waals surface area contributed by atoms with Crippen LogP contribution in [0.2, 0.25) is 0 Å². The van der Waals surface area contributed by atoms with Gasteiger partial charge in [0.1, 0.15) is 11.1 Å². The molecule has 0 atom stereocenters. The van der Waals surface area contributed by atoms with Gasteiger partial charge in [-0.05, 0) is 29.6 Å². The van der Waals surface area contributed by atoms with E-state index >= 15 is 0 Å². The number of nitrogens with one attached hydrogen (secondary N) is 1. The molecule has 0 saturated heterocycles. The van der Waals surface area contributed by atoms with Crippen LogP contribution in [0.4, 0.5) is 5.00 Å². The van der Waals surface area contributed by atoms with E-state index in [1.165, 1.54) is 17.4 Å². The van der Waals surface area contributed by atoms with Crippen LogP contribution in [0.3, 0.4) is 0 Å². The lowest BCUT2D eigenvalue weighted by atomic mass is 10.1. The zero-order valence-electron chi connectivity index (χ0n) is 9.18. The predicted octanol–water partition coefficient (Wildman–Crippen LogP) is 2.74. The van der Waals surface area contributed by atoms with Gasteiger partial charge in [-0.1, -0.05) is 6.07 Å². The van der Waals surface area contributed by atoms with Crippen molar-refractivity contribution in [3.8, 4) is 12.1 Å². The molecule has 0 unspecified atom stereocenters. The average Bonchev–Trinajstić information content (AvgIpc) is 2.86. The van der Waals surface area contributed by atoms with Crippen molar-refractivity contribution >= 4 is 22.2 Å². The molecular weight excluding hydrogens is 246 g/mol. The van der Waals surface area contributed by atoms with Gasteiger partial charge in [-0.15, -0.1) is 11.3 Å². The van der Waals surface area contributed by atoms with Gasteiger partial charge in [0.25, 0.3) is 5.91 Å². The number of nitriles is 2. The monoisotopic (exact) mass is 253 g/mol. The molecule has 1 aromatic carbocycles. The van der Waals surface area contributed by atoms with Crippen molar-refractivity contribution < 1.29 is 4.79 Å². The first kappa shape index (κ1) is 11.8. The average molecular weight is 253 g/mol. The number of benzene rings is 1. The molecule has 2 rings (SSSR count). The summed E-state index contributed by atoms with van der Waals surface area (Å²) in [5.74, 6) is -0.328. The summed E-state index contributed by atoms with van der Waals surface area (Å²) in [7, 11) is 0. The van der Waals surface area contributed by atoms with Gasteiger partial charge in [0.15, 0.2) is 0 Å². The van der Waals surface area contributed by atoms with Crippen LogP contribution in [0.25, 0.3) is 0 Å². The summed E-state index contributed by atoms with van der Waals surface area (Å²) < 4.78 is 0. The second-order valence-corrected chi connectivity index (χ2v) is 4.34. The second kappa shape index (κ2) is 5.13. The maximum atomic E-state index is 11.9. The third-order valence-electron chi connectivity index (χ3n) is 2.27. The van der Waals surface area contributed by atoms with Crippen molar-refractivity contribution in [1.82, 2.24) is 0 Å². The molecule has 0 bridgehead atoms.